The van der Waals surface area contributed by atoms with E-state index in [9.17, 15) is 4.79 Å². The highest BCUT2D eigenvalue weighted by Crippen LogP contribution is 2.45. The number of hydrogen-bond donors (Lipinski definition) is 1. The number of rotatable bonds is 3. The van der Waals surface area contributed by atoms with Crippen molar-refractivity contribution in [1.82, 2.24) is 10.2 Å². The van der Waals surface area contributed by atoms with Crippen molar-refractivity contribution in [3.8, 4) is 0 Å². The summed E-state index contributed by atoms with van der Waals surface area (Å²) in [6.07, 6.45) is 4.24. The van der Waals surface area contributed by atoms with Crippen LogP contribution in [0.1, 0.15) is 31.2 Å². The third-order valence-electron chi connectivity index (χ3n) is 4.85. The van der Waals surface area contributed by atoms with Crippen LogP contribution in [-0.4, -0.2) is 37.0 Å². The fourth-order valence-electron chi connectivity index (χ4n) is 3.39. The summed E-state index contributed by atoms with van der Waals surface area (Å²) < 4.78 is 0. The van der Waals surface area contributed by atoms with Crippen molar-refractivity contribution in [2.75, 3.05) is 20.1 Å². The van der Waals surface area contributed by atoms with Crippen LogP contribution in [0, 0.1) is 0 Å². The minimum Gasteiger partial charge on any atom is -0.341 e. The Morgan fingerprint density at radius 1 is 1.32 bits per heavy atom. The van der Waals surface area contributed by atoms with Crippen molar-refractivity contribution in [2.24, 2.45) is 0 Å². The molecule has 2 fully saturated rings. The lowest BCUT2D eigenvalue weighted by atomic mass is 9.63. The molecule has 3 rings (SSSR count). The lowest BCUT2D eigenvalue weighted by molar-refractivity contribution is -0.141. The van der Waals surface area contributed by atoms with Crippen LogP contribution < -0.4 is 5.32 Å². The summed E-state index contributed by atoms with van der Waals surface area (Å²) >= 11 is 0. The minimum absolute atomic E-state index is 0.237. The van der Waals surface area contributed by atoms with Gasteiger partial charge in [0.2, 0.25) is 5.91 Å². The zero-order valence-corrected chi connectivity index (χ0v) is 11.6. The van der Waals surface area contributed by atoms with Crippen molar-refractivity contribution < 1.29 is 4.79 Å². The Labute approximate surface area is 115 Å². The largest absolute Gasteiger partial charge is 0.341 e. The predicted octanol–water partition coefficient (Wildman–Crippen LogP) is 1.93. The van der Waals surface area contributed by atoms with E-state index >= 15 is 0 Å². The van der Waals surface area contributed by atoms with Crippen molar-refractivity contribution in [1.29, 1.82) is 0 Å². The molecular formula is C16H22N2O. The molecule has 19 heavy (non-hydrogen) atoms. The predicted molar refractivity (Wildman–Crippen MR) is 76.0 cm³/mol. The Balaban J connectivity index is 1.83. The van der Waals surface area contributed by atoms with Gasteiger partial charge in [0.05, 0.1) is 5.41 Å². The van der Waals surface area contributed by atoms with Crippen LogP contribution in [0.2, 0.25) is 0 Å². The summed E-state index contributed by atoms with van der Waals surface area (Å²) in [6, 6.07) is 10.7. The zero-order chi connectivity index (χ0) is 13.3. The van der Waals surface area contributed by atoms with Crippen LogP contribution in [-0.2, 0) is 10.2 Å². The second-order valence-electron chi connectivity index (χ2n) is 5.86. The van der Waals surface area contributed by atoms with Gasteiger partial charge in [0.1, 0.15) is 0 Å². The van der Waals surface area contributed by atoms with E-state index in [-0.39, 0.29) is 5.41 Å². The maximum absolute atomic E-state index is 12.9. The van der Waals surface area contributed by atoms with Crippen LogP contribution >= 0.6 is 0 Å². The standard InChI is InChI=1S/C16H22N2O/c1-18(14-8-11-17-12-14)15(19)16(9-5-10-16)13-6-3-2-4-7-13/h2-4,6-7,14,17H,5,8-12H2,1H3. The fraction of sp³-hybridized carbons (Fsp3) is 0.562. The molecule has 1 saturated carbocycles. The second-order valence-corrected chi connectivity index (χ2v) is 5.86. The molecule has 1 heterocycles. The first kappa shape index (κ1) is 12.7. The van der Waals surface area contributed by atoms with Gasteiger partial charge < -0.3 is 10.2 Å². The van der Waals surface area contributed by atoms with E-state index in [4.69, 9.17) is 0 Å². The summed E-state index contributed by atoms with van der Waals surface area (Å²) in [4.78, 5) is 14.9. The highest BCUT2D eigenvalue weighted by atomic mass is 16.2. The Morgan fingerprint density at radius 3 is 2.58 bits per heavy atom. The van der Waals surface area contributed by atoms with Gasteiger partial charge in [0.15, 0.2) is 0 Å². The Hall–Kier alpha value is -1.35. The van der Waals surface area contributed by atoms with Crippen molar-refractivity contribution in [3.05, 3.63) is 35.9 Å². The number of nitrogens with zero attached hydrogens (tertiary/aromatic N) is 1. The molecule has 1 unspecified atom stereocenters. The summed E-state index contributed by atoms with van der Waals surface area (Å²) in [5.74, 6) is 0.318. The molecule has 3 heteroatoms. The second kappa shape index (κ2) is 4.97. The van der Waals surface area contributed by atoms with Gasteiger partial charge in [0, 0.05) is 19.6 Å². The van der Waals surface area contributed by atoms with Crippen LogP contribution in [0.15, 0.2) is 30.3 Å². The number of carbonyl (C=O) groups is 1. The molecule has 1 N–H and O–H groups in total. The SMILES string of the molecule is CN(C(=O)C1(c2ccccc2)CCC1)C1CCNC1. The molecule has 0 aromatic heterocycles. The van der Waals surface area contributed by atoms with E-state index in [1.807, 2.05) is 30.1 Å². The first-order valence-corrected chi connectivity index (χ1v) is 7.27. The van der Waals surface area contributed by atoms with Gasteiger partial charge in [-0.3, -0.25) is 4.79 Å². The number of amides is 1. The highest BCUT2D eigenvalue weighted by Gasteiger charge is 2.47. The van der Waals surface area contributed by atoms with Gasteiger partial charge in [-0.05, 0) is 31.4 Å². The number of benzene rings is 1. The third kappa shape index (κ3) is 2.06. The number of likely N-dealkylation sites (N-methyl/N-ethyl adjacent to an activating group) is 1. The molecule has 1 atom stereocenters. The Kier molecular flexibility index (Phi) is 3.31. The van der Waals surface area contributed by atoms with Gasteiger partial charge in [-0.15, -0.1) is 0 Å². The summed E-state index contributed by atoms with van der Waals surface area (Å²) in [5, 5.41) is 3.34. The van der Waals surface area contributed by atoms with E-state index in [1.165, 1.54) is 5.56 Å². The van der Waals surface area contributed by atoms with Gasteiger partial charge in [-0.1, -0.05) is 36.8 Å². The van der Waals surface area contributed by atoms with Gasteiger partial charge in [-0.25, -0.2) is 0 Å². The number of carbonyl (C=O) groups excluding carboxylic acids is 1. The van der Waals surface area contributed by atoms with Gasteiger partial charge >= 0.3 is 0 Å². The molecule has 1 aliphatic carbocycles. The van der Waals surface area contributed by atoms with E-state index in [1.54, 1.807) is 0 Å². The van der Waals surface area contributed by atoms with Gasteiger partial charge in [-0.2, -0.15) is 0 Å². The van der Waals surface area contributed by atoms with Crippen LogP contribution in [0.3, 0.4) is 0 Å². The molecule has 1 aliphatic heterocycles. The zero-order valence-electron chi connectivity index (χ0n) is 11.6. The molecule has 2 aliphatic rings. The molecule has 0 bridgehead atoms. The van der Waals surface area contributed by atoms with Crippen molar-refractivity contribution >= 4 is 5.91 Å². The van der Waals surface area contributed by atoms with Gasteiger partial charge in [0.25, 0.3) is 0 Å². The molecule has 1 saturated heterocycles. The summed E-state index contributed by atoms with van der Waals surface area (Å²) in [7, 11) is 1.98. The lowest BCUT2D eigenvalue weighted by Crippen LogP contribution is -2.53. The minimum atomic E-state index is -0.237. The molecule has 3 nitrogen and oxygen atoms in total. The lowest BCUT2D eigenvalue weighted by Gasteiger charge is -2.44. The van der Waals surface area contributed by atoms with Crippen molar-refractivity contribution in [2.45, 2.75) is 37.1 Å². The topological polar surface area (TPSA) is 32.3 Å². The average molecular weight is 258 g/mol. The number of nitrogens with one attached hydrogen (secondary N) is 1. The first-order chi connectivity index (χ1) is 9.24. The summed E-state index contributed by atoms with van der Waals surface area (Å²) in [6.45, 7) is 1.97. The van der Waals surface area contributed by atoms with E-state index < -0.39 is 0 Å². The first-order valence-electron chi connectivity index (χ1n) is 7.27. The fourth-order valence-corrected chi connectivity index (χ4v) is 3.39. The van der Waals surface area contributed by atoms with E-state index in [2.05, 4.69) is 17.4 Å². The monoisotopic (exact) mass is 258 g/mol. The Morgan fingerprint density at radius 2 is 2.05 bits per heavy atom. The van der Waals surface area contributed by atoms with Crippen molar-refractivity contribution in [3.63, 3.8) is 0 Å². The average Bonchev–Trinajstić information content (AvgIpc) is 2.91. The molecular weight excluding hydrogens is 236 g/mol. The highest BCUT2D eigenvalue weighted by molar-refractivity contribution is 5.89. The molecule has 0 spiro atoms. The third-order valence-corrected chi connectivity index (χ3v) is 4.85. The quantitative estimate of drug-likeness (QED) is 0.898. The molecule has 1 aromatic carbocycles. The van der Waals surface area contributed by atoms with E-state index in [0.717, 1.165) is 38.8 Å². The smallest absolute Gasteiger partial charge is 0.233 e. The van der Waals surface area contributed by atoms with Crippen LogP contribution in [0.5, 0.6) is 0 Å². The maximum Gasteiger partial charge on any atom is 0.233 e. The maximum atomic E-state index is 12.9. The molecule has 0 radical (unpaired) electrons. The number of hydrogen-bond acceptors (Lipinski definition) is 2. The molecule has 1 aromatic rings. The molecule has 102 valence electrons. The summed E-state index contributed by atoms with van der Waals surface area (Å²) in [5.41, 5.74) is 0.961. The normalized spacial score (nSPS) is 24.8. The Bertz CT molecular complexity index is 447. The van der Waals surface area contributed by atoms with Crippen LogP contribution in [0.4, 0.5) is 0 Å². The van der Waals surface area contributed by atoms with Crippen LogP contribution in [0.25, 0.3) is 0 Å². The van der Waals surface area contributed by atoms with E-state index in [0.29, 0.717) is 11.9 Å². The molecule has 1 amide bonds.